The molecule has 1 aliphatic carbocycles. The van der Waals surface area contributed by atoms with Gasteiger partial charge in [-0.3, -0.25) is 0 Å². The number of halogens is 1. The normalized spacial score (nSPS) is 21.3. The minimum Gasteiger partial charge on any atom is -0.493 e. The van der Waals surface area contributed by atoms with Gasteiger partial charge in [-0.05, 0) is 41.2 Å². The smallest absolute Gasteiger partial charge is 0.238 e. The van der Waals surface area contributed by atoms with Crippen molar-refractivity contribution in [1.29, 1.82) is 0 Å². The zero-order valence-corrected chi connectivity index (χ0v) is 16.5. The quantitative estimate of drug-likeness (QED) is 0.806. The minimum atomic E-state index is -3.68. The Bertz CT molecular complexity index is 910. The summed E-state index contributed by atoms with van der Waals surface area (Å²) in [5.41, 5.74) is 1.13. The fourth-order valence-electron chi connectivity index (χ4n) is 3.52. The molecule has 2 aromatic rings. The lowest BCUT2D eigenvalue weighted by Crippen LogP contribution is -2.11. The van der Waals surface area contributed by atoms with Gasteiger partial charge in [-0.1, -0.05) is 37.6 Å². The van der Waals surface area contributed by atoms with Crippen LogP contribution in [-0.2, 0) is 10.0 Å². The Morgan fingerprint density at radius 1 is 1.12 bits per heavy atom. The third kappa shape index (κ3) is 3.68. The van der Waals surface area contributed by atoms with E-state index in [2.05, 4.69) is 13.8 Å². The molecule has 1 fully saturated rings. The highest BCUT2D eigenvalue weighted by Crippen LogP contribution is 2.64. The van der Waals surface area contributed by atoms with Crippen molar-refractivity contribution in [2.75, 3.05) is 13.7 Å². The maximum atomic E-state index is 11.4. The van der Waals surface area contributed by atoms with Crippen LogP contribution in [0.4, 0.5) is 0 Å². The second-order valence-corrected chi connectivity index (χ2v) is 9.12. The van der Waals surface area contributed by atoms with Crippen molar-refractivity contribution < 1.29 is 17.9 Å². The molecule has 5 nitrogen and oxygen atoms in total. The van der Waals surface area contributed by atoms with Crippen molar-refractivity contribution >= 4 is 21.6 Å². The van der Waals surface area contributed by atoms with Crippen LogP contribution in [0.1, 0.15) is 25.3 Å². The fourth-order valence-corrected chi connectivity index (χ4v) is 4.20. The largest absolute Gasteiger partial charge is 0.493 e. The van der Waals surface area contributed by atoms with Crippen LogP contribution in [0, 0.1) is 11.3 Å². The van der Waals surface area contributed by atoms with Crippen molar-refractivity contribution in [3.63, 3.8) is 0 Å². The van der Waals surface area contributed by atoms with E-state index < -0.39 is 10.0 Å². The molecule has 7 heteroatoms. The molecule has 0 bridgehead atoms. The van der Waals surface area contributed by atoms with E-state index in [1.165, 1.54) is 0 Å². The molecule has 3 rings (SSSR count). The first-order valence-electron chi connectivity index (χ1n) is 8.23. The van der Waals surface area contributed by atoms with E-state index in [0.717, 1.165) is 5.56 Å². The molecule has 2 atom stereocenters. The van der Waals surface area contributed by atoms with Gasteiger partial charge in [0.2, 0.25) is 10.0 Å². The SMILES string of the molecule is COc1ccc(Cl)cc1OC[C@@H]1[C@@H](c2ccc(S(N)(=O)=O)cc2)C1(C)C. The van der Waals surface area contributed by atoms with Crippen LogP contribution in [0.5, 0.6) is 11.5 Å². The van der Waals surface area contributed by atoms with Gasteiger partial charge in [0.25, 0.3) is 0 Å². The lowest BCUT2D eigenvalue weighted by molar-refractivity contribution is 0.264. The van der Waals surface area contributed by atoms with Gasteiger partial charge in [-0.2, -0.15) is 0 Å². The molecule has 0 unspecified atom stereocenters. The van der Waals surface area contributed by atoms with Gasteiger partial charge < -0.3 is 9.47 Å². The second kappa shape index (κ2) is 6.76. The van der Waals surface area contributed by atoms with Crippen molar-refractivity contribution in [3.8, 4) is 11.5 Å². The first-order chi connectivity index (χ1) is 12.1. The number of hydrogen-bond donors (Lipinski definition) is 1. The predicted octanol–water partition coefficient (Wildman–Crippen LogP) is 3.81. The first-order valence-corrected chi connectivity index (χ1v) is 10.2. The molecule has 140 valence electrons. The molecule has 26 heavy (non-hydrogen) atoms. The summed E-state index contributed by atoms with van der Waals surface area (Å²) in [7, 11) is -2.09. The van der Waals surface area contributed by atoms with Crippen LogP contribution in [0.15, 0.2) is 47.4 Å². The number of benzene rings is 2. The molecule has 0 saturated heterocycles. The Morgan fingerprint density at radius 3 is 2.35 bits per heavy atom. The molecule has 2 aromatic carbocycles. The van der Waals surface area contributed by atoms with Gasteiger partial charge in [0.1, 0.15) is 0 Å². The summed E-state index contributed by atoms with van der Waals surface area (Å²) in [6.07, 6.45) is 0. The van der Waals surface area contributed by atoms with Crippen LogP contribution < -0.4 is 14.6 Å². The lowest BCUT2D eigenvalue weighted by Gasteiger charge is -2.11. The average molecular weight is 396 g/mol. The number of nitrogens with two attached hydrogens (primary N) is 1. The molecule has 0 aliphatic heterocycles. The van der Waals surface area contributed by atoms with E-state index in [0.29, 0.717) is 29.0 Å². The van der Waals surface area contributed by atoms with Crippen LogP contribution in [0.25, 0.3) is 0 Å². The van der Waals surface area contributed by atoms with Crippen LogP contribution >= 0.6 is 11.6 Å². The number of ether oxygens (including phenoxy) is 2. The van der Waals surface area contributed by atoms with Gasteiger partial charge in [-0.15, -0.1) is 0 Å². The third-order valence-corrected chi connectivity index (χ3v) is 6.33. The first kappa shape index (κ1) is 19.0. The summed E-state index contributed by atoms with van der Waals surface area (Å²) >= 11 is 6.04. The Labute approximate surface area is 159 Å². The maximum Gasteiger partial charge on any atom is 0.238 e. The van der Waals surface area contributed by atoms with E-state index in [1.807, 2.05) is 12.1 Å². The highest BCUT2D eigenvalue weighted by Gasteiger charge is 2.58. The number of sulfonamides is 1. The second-order valence-electron chi connectivity index (χ2n) is 7.13. The van der Waals surface area contributed by atoms with E-state index in [9.17, 15) is 8.42 Å². The zero-order chi connectivity index (χ0) is 19.1. The molecule has 0 radical (unpaired) electrons. The van der Waals surface area contributed by atoms with Crippen molar-refractivity contribution in [3.05, 3.63) is 53.1 Å². The van der Waals surface area contributed by atoms with E-state index in [-0.39, 0.29) is 16.2 Å². The molecule has 0 heterocycles. The van der Waals surface area contributed by atoms with Gasteiger partial charge in [-0.25, -0.2) is 13.6 Å². The molecule has 1 aliphatic rings. The predicted molar refractivity (Wildman–Crippen MR) is 101 cm³/mol. The van der Waals surface area contributed by atoms with Gasteiger partial charge in [0.05, 0.1) is 18.6 Å². The Kier molecular flexibility index (Phi) is 4.94. The summed E-state index contributed by atoms with van der Waals surface area (Å²) in [5.74, 6) is 1.83. The van der Waals surface area contributed by atoms with E-state index >= 15 is 0 Å². The molecule has 0 spiro atoms. The standard InChI is InChI=1S/C19H22ClNO4S/c1-19(2)15(11-25-17-10-13(20)6-9-16(17)24-3)18(19)12-4-7-14(8-5-12)26(21,22)23/h4-10,15,18H,11H2,1-3H3,(H2,21,22,23)/t15-,18-/m1/s1. The van der Waals surface area contributed by atoms with Gasteiger partial charge in [0, 0.05) is 17.0 Å². The van der Waals surface area contributed by atoms with Gasteiger partial charge >= 0.3 is 0 Å². The number of primary sulfonamides is 1. The minimum absolute atomic E-state index is 0.0505. The highest BCUT2D eigenvalue weighted by atomic mass is 35.5. The summed E-state index contributed by atoms with van der Waals surface area (Å²) in [5, 5.41) is 5.75. The summed E-state index contributed by atoms with van der Waals surface area (Å²) < 4.78 is 34.1. The summed E-state index contributed by atoms with van der Waals surface area (Å²) in [6.45, 7) is 4.87. The summed E-state index contributed by atoms with van der Waals surface area (Å²) in [4.78, 5) is 0.121. The maximum absolute atomic E-state index is 11.4. The Morgan fingerprint density at radius 2 is 1.77 bits per heavy atom. The van der Waals surface area contributed by atoms with Crippen LogP contribution in [-0.4, -0.2) is 22.1 Å². The summed E-state index contributed by atoms with van der Waals surface area (Å²) in [6, 6.07) is 12.0. The van der Waals surface area contributed by atoms with Gasteiger partial charge in [0.15, 0.2) is 11.5 Å². The number of rotatable bonds is 6. The third-order valence-electron chi connectivity index (χ3n) is 5.16. The molecular weight excluding hydrogens is 374 g/mol. The Balaban J connectivity index is 1.73. The van der Waals surface area contributed by atoms with Crippen molar-refractivity contribution in [1.82, 2.24) is 0 Å². The molecule has 0 aromatic heterocycles. The van der Waals surface area contributed by atoms with Crippen LogP contribution in [0.3, 0.4) is 0 Å². The Hall–Kier alpha value is -1.76. The number of methoxy groups -OCH3 is 1. The topological polar surface area (TPSA) is 78.6 Å². The van der Waals surface area contributed by atoms with E-state index in [4.69, 9.17) is 26.2 Å². The highest BCUT2D eigenvalue weighted by molar-refractivity contribution is 7.89. The fraction of sp³-hybridized carbons (Fsp3) is 0.368. The zero-order valence-electron chi connectivity index (χ0n) is 14.9. The molecular formula is C19H22ClNO4S. The monoisotopic (exact) mass is 395 g/mol. The van der Waals surface area contributed by atoms with E-state index in [1.54, 1.807) is 37.4 Å². The molecule has 1 saturated carbocycles. The molecule has 0 amide bonds. The van der Waals surface area contributed by atoms with Crippen molar-refractivity contribution in [2.45, 2.75) is 24.7 Å². The lowest BCUT2D eigenvalue weighted by atomic mass is 10.0. The number of hydrogen-bond acceptors (Lipinski definition) is 4. The van der Waals surface area contributed by atoms with Crippen LogP contribution in [0.2, 0.25) is 5.02 Å². The average Bonchev–Trinajstić information content (AvgIpc) is 3.13. The molecule has 2 N–H and O–H groups in total. The van der Waals surface area contributed by atoms with Crippen molar-refractivity contribution in [2.24, 2.45) is 16.5 Å².